The number of carbonyl (C=O) groups excluding carboxylic acids is 1. The van der Waals surface area contributed by atoms with Gasteiger partial charge in [-0.3, -0.25) is 9.79 Å². The molecule has 0 bridgehead atoms. The summed E-state index contributed by atoms with van der Waals surface area (Å²) in [6.07, 6.45) is -4.67. The summed E-state index contributed by atoms with van der Waals surface area (Å²) in [6.45, 7) is 2.47. The Labute approximate surface area is 129 Å². The van der Waals surface area contributed by atoms with Crippen molar-refractivity contribution in [1.82, 2.24) is 5.32 Å². The van der Waals surface area contributed by atoms with Crippen molar-refractivity contribution in [3.05, 3.63) is 35.4 Å². The van der Waals surface area contributed by atoms with Gasteiger partial charge in [0.05, 0.1) is 17.7 Å². The van der Waals surface area contributed by atoms with Gasteiger partial charge >= 0.3 is 6.18 Å². The highest BCUT2D eigenvalue weighted by Crippen LogP contribution is 2.45. The molecule has 1 fully saturated rings. The van der Waals surface area contributed by atoms with Crippen molar-refractivity contribution in [1.29, 1.82) is 5.26 Å². The molecule has 1 N–H and O–H groups in total. The predicted molar refractivity (Wildman–Crippen MR) is 77.2 cm³/mol. The van der Waals surface area contributed by atoms with Crippen LogP contribution in [0.1, 0.15) is 31.0 Å². The molecule has 116 valence electrons. The average Bonchev–Trinajstić information content (AvgIpc) is 2.74. The van der Waals surface area contributed by atoms with Crippen LogP contribution in [0, 0.1) is 11.3 Å². The maximum Gasteiger partial charge on any atom is 0.412 e. The van der Waals surface area contributed by atoms with E-state index in [2.05, 4.69) is 10.3 Å². The molecular formula is C14H12F3N3OS. The molecule has 0 radical (unpaired) electrons. The first-order valence-electron chi connectivity index (χ1n) is 6.33. The van der Waals surface area contributed by atoms with Crippen molar-refractivity contribution in [2.45, 2.75) is 30.8 Å². The third-order valence-electron chi connectivity index (χ3n) is 3.34. The van der Waals surface area contributed by atoms with Gasteiger partial charge in [0.25, 0.3) is 5.91 Å². The summed E-state index contributed by atoms with van der Waals surface area (Å²) in [5.41, 5.74) is 0.986. The number of rotatable bonds is 2. The molecule has 2 unspecified atom stereocenters. The Bertz CT molecular complexity index is 681. The van der Waals surface area contributed by atoms with Crippen molar-refractivity contribution >= 4 is 22.8 Å². The smallest absolute Gasteiger partial charge is 0.304 e. The van der Waals surface area contributed by atoms with E-state index in [1.54, 1.807) is 31.2 Å². The number of alkyl halides is 3. The van der Waals surface area contributed by atoms with Crippen LogP contribution in [0.2, 0.25) is 0 Å². The number of thioether (sulfide) groups is 1. The number of benzene rings is 1. The maximum atomic E-state index is 13.0. The van der Waals surface area contributed by atoms with E-state index in [9.17, 15) is 18.0 Å². The lowest BCUT2D eigenvalue weighted by Gasteiger charge is -2.21. The molecule has 0 aromatic heterocycles. The third kappa shape index (κ3) is 2.81. The first-order valence-corrected chi connectivity index (χ1v) is 7.14. The van der Waals surface area contributed by atoms with Crippen LogP contribution in [0.25, 0.3) is 0 Å². The van der Waals surface area contributed by atoms with Crippen molar-refractivity contribution in [3.63, 3.8) is 0 Å². The minimum atomic E-state index is -4.67. The number of nitriles is 1. The van der Waals surface area contributed by atoms with Gasteiger partial charge in [-0.25, -0.2) is 0 Å². The standard InChI is InChI=1S/C14H12F3N3OS/c1-8(10-6-4-3-5-9(10)7-18)19-12-20-11(21)13(2,22-12)14(15,16)17/h3-6,8H,1-2H3,(H,19,20,21). The van der Waals surface area contributed by atoms with Gasteiger partial charge < -0.3 is 5.32 Å². The first-order chi connectivity index (χ1) is 10.2. The Kier molecular flexibility index (Phi) is 4.20. The van der Waals surface area contributed by atoms with Gasteiger partial charge in [-0.1, -0.05) is 30.0 Å². The Hall–Kier alpha value is -2.01. The van der Waals surface area contributed by atoms with E-state index >= 15 is 0 Å². The lowest BCUT2D eigenvalue weighted by molar-refractivity contribution is -0.166. The summed E-state index contributed by atoms with van der Waals surface area (Å²) < 4.78 is 36.4. The van der Waals surface area contributed by atoms with Crippen LogP contribution in [0.3, 0.4) is 0 Å². The maximum absolute atomic E-state index is 13.0. The van der Waals surface area contributed by atoms with Crippen LogP contribution in [0.15, 0.2) is 29.3 Å². The van der Waals surface area contributed by atoms with Crippen molar-refractivity contribution < 1.29 is 18.0 Å². The normalized spacial score (nSPS) is 24.9. The van der Waals surface area contributed by atoms with Gasteiger partial charge in [0.1, 0.15) is 0 Å². The predicted octanol–water partition coefficient (Wildman–Crippen LogP) is 3.16. The van der Waals surface area contributed by atoms with Crippen LogP contribution in [-0.2, 0) is 4.79 Å². The van der Waals surface area contributed by atoms with E-state index in [1.165, 1.54) is 0 Å². The molecule has 4 nitrogen and oxygen atoms in total. The fourth-order valence-electron chi connectivity index (χ4n) is 1.94. The number of nitrogens with zero attached hydrogens (tertiary/aromatic N) is 2. The van der Waals surface area contributed by atoms with Crippen LogP contribution in [-0.4, -0.2) is 22.0 Å². The highest BCUT2D eigenvalue weighted by Gasteiger charge is 2.61. The molecule has 0 spiro atoms. The summed E-state index contributed by atoms with van der Waals surface area (Å²) in [5.74, 6) is -1.13. The zero-order chi connectivity index (χ0) is 16.5. The van der Waals surface area contributed by atoms with Gasteiger partial charge in [0, 0.05) is 0 Å². The number of hydrogen-bond acceptors (Lipinski definition) is 4. The summed E-state index contributed by atoms with van der Waals surface area (Å²) in [6, 6.07) is 8.15. The van der Waals surface area contributed by atoms with Crippen LogP contribution < -0.4 is 5.32 Å². The highest BCUT2D eigenvalue weighted by molar-refractivity contribution is 8.16. The number of hydrogen-bond donors (Lipinski definition) is 1. The van der Waals surface area contributed by atoms with Crippen LogP contribution >= 0.6 is 11.8 Å². The number of halogens is 3. The molecule has 8 heteroatoms. The Morgan fingerprint density at radius 2 is 2.05 bits per heavy atom. The first kappa shape index (κ1) is 16.4. The lowest BCUT2D eigenvalue weighted by atomic mass is 10.0. The number of nitrogens with one attached hydrogen (secondary N) is 1. The minimum Gasteiger partial charge on any atom is -0.304 e. The molecule has 1 aliphatic rings. The SMILES string of the molecule is CC(N=C1NC(=O)C(C)(C(F)(F)F)S1)c1ccccc1C#N. The monoisotopic (exact) mass is 327 g/mol. The van der Waals surface area contributed by atoms with Gasteiger partial charge in [0.15, 0.2) is 9.91 Å². The fraction of sp³-hybridized carbons (Fsp3) is 0.357. The van der Waals surface area contributed by atoms with Crippen molar-refractivity contribution in [2.75, 3.05) is 0 Å². The molecule has 1 aromatic rings. The highest BCUT2D eigenvalue weighted by atomic mass is 32.2. The van der Waals surface area contributed by atoms with E-state index in [0.29, 0.717) is 22.9 Å². The van der Waals surface area contributed by atoms with E-state index in [4.69, 9.17) is 5.26 Å². The Morgan fingerprint density at radius 3 is 2.59 bits per heavy atom. The third-order valence-corrected chi connectivity index (χ3v) is 4.56. The van der Waals surface area contributed by atoms with Crippen molar-refractivity contribution in [3.8, 4) is 6.07 Å². The van der Waals surface area contributed by atoms with E-state index < -0.39 is 22.9 Å². The second-order valence-electron chi connectivity index (χ2n) is 4.90. The number of amidine groups is 1. The molecule has 0 aliphatic carbocycles. The molecule has 1 amide bonds. The zero-order valence-electron chi connectivity index (χ0n) is 11.7. The Balaban J connectivity index is 2.29. The molecule has 2 atom stereocenters. The molecule has 1 aliphatic heterocycles. The second kappa shape index (κ2) is 5.65. The number of amides is 1. The minimum absolute atomic E-state index is 0.0925. The molecule has 1 saturated heterocycles. The largest absolute Gasteiger partial charge is 0.412 e. The summed E-state index contributed by atoms with van der Waals surface area (Å²) >= 11 is 0.346. The quantitative estimate of drug-likeness (QED) is 0.907. The topological polar surface area (TPSA) is 65.2 Å². The molecule has 2 rings (SSSR count). The number of aliphatic imine (C=N–C) groups is 1. The van der Waals surface area contributed by atoms with Gasteiger partial charge in [-0.2, -0.15) is 18.4 Å². The fourth-order valence-corrected chi connectivity index (χ4v) is 2.94. The zero-order valence-corrected chi connectivity index (χ0v) is 12.5. The lowest BCUT2D eigenvalue weighted by Crippen LogP contribution is -2.46. The van der Waals surface area contributed by atoms with Crippen LogP contribution in [0.4, 0.5) is 13.2 Å². The van der Waals surface area contributed by atoms with E-state index in [1.807, 2.05) is 6.07 Å². The molecule has 22 heavy (non-hydrogen) atoms. The summed E-state index contributed by atoms with van der Waals surface area (Å²) in [5, 5.41) is 11.1. The number of carbonyl (C=O) groups is 1. The molecule has 0 saturated carbocycles. The molecular weight excluding hydrogens is 315 g/mol. The second-order valence-corrected chi connectivity index (χ2v) is 6.30. The van der Waals surface area contributed by atoms with Crippen LogP contribution in [0.5, 0.6) is 0 Å². The van der Waals surface area contributed by atoms with Gasteiger partial charge in [0.2, 0.25) is 0 Å². The van der Waals surface area contributed by atoms with E-state index in [-0.39, 0.29) is 5.17 Å². The molecule has 1 heterocycles. The van der Waals surface area contributed by atoms with Crippen molar-refractivity contribution in [2.24, 2.45) is 4.99 Å². The average molecular weight is 327 g/mol. The molecule has 1 aromatic carbocycles. The summed E-state index contributed by atoms with van der Waals surface area (Å²) in [4.78, 5) is 15.7. The summed E-state index contributed by atoms with van der Waals surface area (Å²) in [7, 11) is 0. The van der Waals surface area contributed by atoms with Gasteiger partial charge in [-0.05, 0) is 25.5 Å². The Morgan fingerprint density at radius 1 is 1.41 bits per heavy atom. The van der Waals surface area contributed by atoms with E-state index in [0.717, 1.165) is 6.92 Å². The van der Waals surface area contributed by atoms with Gasteiger partial charge in [-0.15, -0.1) is 0 Å².